The van der Waals surface area contributed by atoms with Crippen molar-refractivity contribution in [2.45, 2.75) is 19.4 Å². The maximum atomic E-state index is 11.0. The molecule has 0 bridgehead atoms. The van der Waals surface area contributed by atoms with Gasteiger partial charge in [0.2, 0.25) is 0 Å². The van der Waals surface area contributed by atoms with Crippen LogP contribution in [0.15, 0.2) is 23.3 Å². The molecule has 0 fully saturated rings. The zero-order valence-electron chi connectivity index (χ0n) is 8.11. The van der Waals surface area contributed by atoms with Gasteiger partial charge in [0, 0.05) is 11.5 Å². The van der Waals surface area contributed by atoms with Crippen molar-refractivity contribution in [3.8, 4) is 6.07 Å². The summed E-state index contributed by atoms with van der Waals surface area (Å²) in [5, 5.41) is 17.7. The van der Waals surface area contributed by atoms with E-state index in [9.17, 15) is 4.79 Å². The maximum absolute atomic E-state index is 11.0. The SMILES string of the molecule is CC1=CC(C#N)=CC(C)C1(N)C(=O)O. The number of hydrogen-bond acceptors (Lipinski definition) is 3. The first kappa shape index (κ1) is 10.5. The molecule has 0 aromatic heterocycles. The summed E-state index contributed by atoms with van der Waals surface area (Å²) in [5.41, 5.74) is 5.39. The van der Waals surface area contributed by atoms with Gasteiger partial charge in [-0.2, -0.15) is 5.26 Å². The summed E-state index contributed by atoms with van der Waals surface area (Å²) >= 11 is 0. The van der Waals surface area contributed by atoms with Gasteiger partial charge in [0.25, 0.3) is 0 Å². The summed E-state index contributed by atoms with van der Waals surface area (Å²) in [6.07, 6.45) is 3.11. The van der Waals surface area contributed by atoms with Crippen molar-refractivity contribution in [1.29, 1.82) is 5.26 Å². The van der Waals surface area contributed by atoms with Crippen molar-refractivity contribution in [1.82, 2.24) is 0 Å². The van der Waals surface area contributed by atoms with Crippen LogP contribution >= 0.6 is 0 Å². The average molecular weight is 192 g/mol. The number of allylic oxidation sites excluding steroid dienone is 2. The Hall–Kier alpha value is -1.60. The van der Waals surface area contributed by atoms with Crippen LogP contribution in [0.25, 0.3) is 0 Å². The minimum Gasteiger partial charge on any atom is -0.480 e. The van der Waals surface area contributed by atoms with Crippen LogP contribution in [0.5, 0.6) is 0 Å². The third kappa shape index (κ3) is 1.32. The molecule has 0 saturated carbocycles. The quantitative estimate of drug-likeness (QED) is 0.643. The van der Waals surface area contributed by atoms with Gasteiger partial charge in [-0.3, -0.25) is 0 Å². The van der Waals surface area contributed by atoms with Crippen LogP contribution in [0.4, 0.5) is 0 Å². The van der Waals surface area contributed by atoms with E-state index in [0.29, 0.717) is 11.1 Å². The second-order valence-electron chi connectivity index (χ2n) is 3.52. The molecule has 4 nitrogen and oxygen atoms in total. The van der Waals surface area contributed by atoms with Crippen LogP contribution in [0, 0.1) is 17.2 Å². The predicted octanol–water partition coefficient (Wildman–Crippen LogP) is 0.814. The number of hydrogen-bond donors (Lipinski definition) is 2. The van der Waals surface area contributed by atoms with E-state index in [-0.39, 0.29) is 5.92 Å². The van der Waals surface area contributed by atoms with Gasteiger partial charge in [-0.25, -0.2) is 4.79 Å². The summed E-state index contributed by atoms with van der Waals surface area (Å²) in [6.45, 7) is 3.33. The van der Waals surface area contributed by atoms with E-state index in [2.05, 4.69) is 0 Å². The first-order valence-electron chi connectivity index (χ1n) is 4.26. The number of rotatable bonds is 1. The lowest BCUT2D eigenvalue weighted by Crippen LogP contribution is -2.54. The van der Waals surface area contributed by atoms with Crippen molar-refractivity contribution in [2.75, 3.05) is 0 Å². The molecule has 0 amide bonds. The van der Waals surface area contributed by atoms with E-state index in [0.717, 1.165) is 0 Å². The van der Waals surface area contributed by atoms with Crippen molar-refractivity contribution in [3.63, 3.8) is 0 Å². The van der Waals surface area contributed by atoms with E-state index in [1.807, 2.05) is 6.07 Å². The summed E-state index contributed by atoms with van der Waals surface area (Å²) < 4.78 is 0. The van der Waals surface area contributed by atoms with E-state index >= 15 is 0 Å². The molecule has 1 aliphatic carbocycles. The van der Waals surface area contributed by atoms with Gasteiger partial charge in [0.05, 0.1) is 6.07 Å². The van der Waals surface area contributed by atoms with Crippen LogP contribution in [0.3, 0.4) is 0 Å². The topological polar surface area (TPSA) is 87.1 Å². The Kier molecular flexibility index (Phi) is 2.45. The first-order valence-corrected chi connectivity index (χ1v) is 4.26. The summed E-state index contributed by atoms with van der Waals surface area (Å²) in [7, 11) is 0. The molecule has 1 aliphatic rings. The van der Waals surface area contributed by atoms with Crippen LogP contribution in [-0.2, 0) is 4.79 Å². The normalized spacial score (nSPS) is 31.4. The molecule has 0 spiro atoms. The van der Waals surface area contributed by atoms with Crippen LogP contribution in [0.2, 0.25) is 0 Å². The van der Waals surface area contributed by atoms with Gasteiger partial charge < -0.3 is 10.8 Å². The van der Waals surface area contributed by atoms with Crippen molar-refractivity contribution >= 4 is 5.97 Å². The lowest BCUT2D eigenvalue weighted by atomic mass is 9.75. The highest BCUT2D eigenvalue weighted by Gasteiger charge is 2.42. The molecule has 0 aliphatic heterocycles. The molecule has 0 aromatic carbocycles. The Bertz CT molecular complexity index is 376. The highest BCUT2D eigenvalue weighted by Crippen LogP contribution is 2.30. The number of nitrogens with zero attached hydrogens (tertiary/aromatic N) is 1. The van der Waals surface area contributed by atoms with Crippen LogP contribution in [-0.4, -0.2) is 16.6 Å². The van der Waals surface area contributed by atoms with Gasteiger partial charge in [-0.05, 0) is 18.6 Å². The molecule has 4 heteroatoms. The Morgan fingerprint density at radius 3 is 2.71 bits per heavy atom. The van der Waals surface area contributed by atoms with E-state index in [1.165, 1.54) is 6.08 Å². The monoisotopic (exact) mass is 192 g/mol. The van der Waals surface area contributed by atoms with Crippen molar-refractivity contribution < 1.29 is 9.90 Å². The molecule has 2 unspecified atom stereocenters. The summed E-state index contributed by atoms with van der Waals surface area (Å²) in [6, 6.07) is 1.98. The molecule has 0 saturated heterocycles. The number of aliphatic carboxylic acids is 1. The predicted molar refractivity (Wildman–Crippen MR) is 51.2 cm³/mol. The Balaban J connectivity index is 3.21. The molecule has 0 radical (unpaired) electrons. The fourth-order valence-corrected chi connectivity index (χ4v) is 1.59. The van der Waals surface area contributed by atoms with Gasteiger partial charge >= 0.3 is 5.97 Å². The number of carboxylic acid groups (broad SMARTS) is 1. The Labute approximate surface area is 82.3 Å². The number of carboxylic acids is 1. The summed E-state index contributed by atoms with van der Waals surface area (Å²) in [4.78, 5) is 11.0. The van der Waals surface area contributed by atoms with Crippen LogP contribution < -0.4 is 5.73 Å². The molecule has 0 heterocycles. The molecular weight excluding hydrogens is 180 g/mol. The Morgan fingerprint density at radius 2 is 2.36 bits per heavy atom. The molecule has 0 aromatic rings. The number of nitriles is 1. The van der Waals surface area contributed by atoms with Crippen molar-refractivity contribution in [2.24, 2.45) is 11.7 Å². The zero-order valence-corrected chi connectivity index (χ0v) is 8.11. The lowest BCUT2D eigenvalue weighted by molar-refractivity contribution is -0.143. The number of carbonyl (C=O) groups is 1. The second-order valence-corrected chi connectivity index (χ2v) is 3.52. The Morgan fingerprint density at radius 1 is 1.79 bits per heavy atom. The van der Waals surface area contributed by atoms with Gasteiger partial charge in [-0.15, -0.1) is 0 Å². The lowest BCUT2D eigenvalue weighted by Gasteiger charge is -2.33. The molecule has 2 atom stereocenters. The third-order valence-electron chi connectivity index (χ3n) is 2.66. The van der Waals surface area contributed by atoms with Gasteiger partial charge in [0.1, 0.15) is 5.54 Å². The van der Waals surface area contributed by atoms with Gasteiger partial charge in [-0.1, -0.05) is 13.0 Å². The molecule has 14 heavy (non-hydrogen) atoms. The molecule has 74 valence electrons. The van der Waals surface area contributed by atoms with E-state index < -0.39 is 11.5 Å². The van der Waals surface area contributed by atoms with Gasteiger partial charge in [0.15, 0.2) is 0 Å². The molecular formula is C10H12N2O2. The van der Waals surface area contributed by atoms with E-state index in [4.69, 9.17) is 16.1 Å². The maximum Gasteiger partial charge on any atom is 0.328 e. The smallest absolute Gasteiger partial charge is 0.328 e. The fraction of sp³-hybridized carbons (Fsp3) is 0.400. The third-order valence-corrected chi connectivity index (χ3v) is 2.66. The molecule has 3 N–H and O–H groups in total. The minimum absolute atomic E-state index is 0.375. The van der Waals surface area contributed by atoms with E-state index in [1.54, 1.807) is 19.9 Å². The minimum atomic E-state index is -1.37. The fourth-order valence-electron chi connectivity index (χ4n) is 1.59. The van der Waals surface area contributed by atoms with Crippen molar-refractivity contribution in [3.05, 3.63) is 23.3 Å². The largest absolute Gasteiger partial charge is 0.480 e. The average Bonchev–Trinajstić information content (AvgIpc) is 2.12. The van der Waals surface area contributed by atoms with Crippen LogP contribution in [0.1, 0.15) is 13.8 Å². The highest BCUT2D eigenvalue weighted by molar-refractivity contribution is 5.84. The summed E-state index contributed by atoms with van der Waals surface area (Å²) in [5.74, 6) is -1.44. The first-order chi connectivity index (χ1) is 6.42. The number of nitrogens with two attached hydrogens (primary N) is 1. The second kappa shape index (κ2) is 3.28. The highest BCUT2D eigenvalue weighted by atomic mass is 16.4. The molecule has 1 rings (SSSR count). The zero-order chi connectivity index (χ0) is 10.9. The standard InChI is InChI=1S/C10H12N2O2/c1-6-3-8(5-11)4-7(2)10(6,12)9(13)14/h3-4,6H,12H2,1-2H3,(H,13,14).